The molecule has 0 aliphatic carbocycles. The average Bonchev–Trinajstić information content (AvgIpc) is 2.11. The van der Waals surface area contributed by atoms with E-state index in [1.165, 1.54) is 12.1 Å². The Balaban J connectivity index is 3.09. The van der Waals surface area contributed by atoms with Gasteiger partial charge >= 0.3 is 5.97 Å². The number of benzene rings is 1. The fourth-order valence-electron chi connectivity index (χ4n) is 0.963. The molecule has 0 unspecified atom stereocenters. The minimum absolute atomic E-state index is 0.107. The van der Waals surface area contributed by atoms with Crippen molar-refractivity contribution >= 4 is 23.3 Å². The summed E-state index contributed by atoms with van der Waals surface area (Å²) in [7, 11) is 0. The predicted octanol–water partition coefficient (Wildman–Crippen LogP) is 1.80. The van der Waals surface area contributed by atoms with Crippen LogP contribution < -0.4 is 5.73 Å². The Labute approximate surface area is 86.2 Å². The van der Waals surface area contributed by atoms with E-state index in [0.717, 1.165) is 0 Å². The summed E-state index contributed by atoms with van der Waals surface area (Å²) in [6, 6.07) is 2.50. The summed E-state index contributed by atoms with van der Waals surface area (Å²) < 4.78 is 4.73. The van der Waals surface area contributed by atoms with Crippen LogP contribution in [0.5, 0.6) is 5.75 Å². The first-order valence-electron chi connectivity index (χ1n) is 4.01. The van der Waals surface area contributed by atoms with Crippen LogP contribution in [0.15, 0.2) is 12.1 Å². The first kappa shape index (κ1) is 10.7. The number of carbonyl (C=O) groups excluding carboxylic acids is 1. The highest BCUT2D eigenvalue weighted by Gasteiger charge is 2.13. The van der Waals surface area contributed by atoms with Crippen molar-refractivity contribution in [2.24, 2.45) is 0 Å². The number of rotatable bonds is 2. The maximum atomic E-state index is 11.3. The van der Waals surface area contributed by atoms with Gasteiger partial charge in [-0.15, -0.1) is 0 Å². The van der Waals surface area contributed by atoms with Crippen LogP contribution in [0.2, 0.25) is 5.02 Å². The van der Waals surface area contributed by atoms with Crippen molar-refractivity contribution in [1.82, 2.24) is 0 Å². The van der Waals surface area contributed by atoms with E-state index in [1.54, 1.807) is 6.92 Å². The van der Waals surface area contributed by atoms with Crippen molar-refractivity contribution in [3.05, 3.63) is 22.7 Å². The lowest BCUT2D eigenvalue weighted by atomic mass is 10.2. The summed E-state index contributed by atoms with van der Waals surface area (Å²) in [5.41, 5.74) is 5.83. The molecule has 4 nitrogen and oxygen atoms in total. The van der Waals surface area contributed by atoms with Gasteiger partial charge in [-0.3, -0.25) is 0 Å². The molecule has 1 rings (SSSR count). The maximum Gasteiger partial charge on any atom is 0.340 e. The number of phenols is 1. The molecular formula is C9H10ClNO3. The predicted molar refractivity (Wildman–Crippen MR) is 53.5 cm³/mol. The fourth-order valence-corrected chi connectivity index (χ4v) is 1.13. The zero-order chi connectivity index (χ0) is 10.7. The molecule has 76 valence electrons. The lowest BCUT2D eigenvalue weighted by Gasteiger charge is -2.06. The number of aromatic hydroxyl groups is 1. The third-order valence-corrected chi connectivity index (χ3v) is 1.92. The molecule has 3 N–H and O–H groups in total. The third kappa shape index (κ3) is 2.09. The molecule has 0 spiro atoms. The number of hydrogen-bond acceptors (Lipinski definition) is 4. The van der Waals surface area contributed by atoms with Gasteiger partial charge in [0.2, 0.25) is 0 Å². The first-order valence-corrected chi connectivity index (χ1v) is 4.39. The summed E-state index contributed by atoms with van der Waals surface area (Å²) in [4.78, 5) is 11.3. The Morgan fingerprint density at radius 2 is 2.29 bits per heavy atom. The molecule has 0 atom stereocenters. The molecule has 14 heavy (non-hydrogen) atoms. The summed E-state index contributed by atoms with van der Waals surface area (Å²) in [6.45, 7) is 1.94. The Bertz CT molecular complexity index is 365. The van der Waals surface area contributed by atoms with Gasteiger partial charge < -0.3 is 15.6 Å². The van der Waals surface area contributed by atoms with Crippen molar-refractivity contribution in [2.45, 2.75) is 6.92 Å². The van der Waals surface area contributed by atoms with Gasteiger partial charge in [-0.25, -0.2) is 4.79 Å². The van der Waals surface area contributed by atoms with E-state index in [2.05, 4.69) is 0 Å². The van der Waals surface area contributed by atoms with E-state index in [0.29, 0.717) is 0 Å². The Hall–Kier alpha value is -1.42. The minimum atomic E-state index is -0.572. The monoisotopic (exact) mass is 215 g/mol. The quantitative estimate of drug-likeness (QED) is 0.448. The second-order valence-electron chi connectivity index (χ2n) is 2.61. The highest BCUT2D eigenvalue weighted by atomic mass is 35.5. The number of halogens is 1. The van der Waals surface area contributed by atoms with Crippen LogP contribution in [-0.2, 0) is 4.74 Å². The second kappa shape index (κ2) is 4.19. The van der Waals surface area contributed by atoms with Crippen LogP contribution in [0.1, 0.15) is 17.3 Å². The lowest BCUT2D eigenvalue weighted by molar-refractivity contribution is 0.0527. The van der Waals surface area contributed by atoms with Crippen LogP contribution in [0.25, 0.3) is 0 Å². The van der Waals surface area contributed by atoms with E-state index >= 15 is 0 Å². The van der Waals surface area contributed by atoms with E-state index in [9.17, 15) is 9.90 Å². The number of nitrogens with two attached hydrogens (primary N) is 1. The summed E-state index contributed by atoms with van der Waals surface area (Å²) in [6.07, 6.45) is 0. The van der Waals surface area contributed by atoms with E-state index in [4.69, 9.17) is 22.1 Å². The van der Waals surface area contributed by atoms with Crippen molar-refractivity contribution in [1.29, 1.82) is 0 Å². The molecule has 0 fully saturated rings. The smallest absolute Gasteiger partial charge is 0.340 e. The largest absolute Gasteiger partial charge is 0.506 e. The van der Waals surface area contributed by atoms with E-state index < -0.39 is 5.97 Å². The highest BCUT2D eigenvalue weighted by Crippen LogP contribution is 2.28. The topological polar surface area (TPSA) is 72.5 Å². The van der Waals surface area contributed by atoms with Gasteiger partial charge in [-0.2, -0.15) is 0 Å². The Morgan fingerprint density at radius 1 is 1.64 bits per heavy atom. The highest BCUT2D eigenvalue weighted by molar-refractivity contribution is 6.32. The number of carbonyl (C=O) groups is 1. The van der Waals surface area contributed by atoms with E-state index in [1.807, 2.05) is 0 Å². The zero-order valence-electron chi connectivity index (χ0n) is 7.58. The molecule has 1 aromatic rings. The molecule has 0 aromatic heterocycles. The van der Waals surface area contributed by atoms with Crippen molar-refractivity contribution < 1.29 is 14.6 Å². The number of ether oxygens (including phenoxy) is 1. The molecule has 0 aliphatic rings. The zero-order valence-corrected chi connectivity index (χ0v) is 8.34. The minimum Gasteiger partial charge on any atom is -0.506 e. The molecule has 0 heterocycles. The van der Waals surface area contributed by atoms with Gasteiger partial charge in [0, 0.05) is 5.69 Å². The maximum absolute atomic E-state index is 11.3. The molecular weight excluding hydrogens is 206 g/mol. The summed E-state index contributed by atoms with van der Waals surface area (Å²) in [5.74, 6) is -0.763. The van der Waals surface area contributed by atoms with Gasteiger partial charge in [0.25, 0.3) is 0 Å². The first-order chi connectivity index (χ1) is 6.56. The molecule has 0 bridgehead atoms. The SMILES string of the molecule is CCOC(=O)c1cc(O)c(Cl)cc1N. The molecule has 0 aliphatic heterocycles. The van der Waals surface area contributed by atoms with Crippen LogP contribution in [-0.4, -0.2) is 17.7 Å². The Kier molecular flexibility index (Phi) is 3.19. The van der Waals surface area contributed by atoms with Gasteiger partial charge in [-0.1, -0.05) is 11.6 Å². The van der Waals surface area contributed by atoms with Gasteiger partial charge in [0.15, 0.2) is 0 Å². The summed E-state index contributed by atoms with van der Waals surface area (Å²) in [5, 5.41) is 9.35. The molecule has 1 aromatic carbocycles. The van der Waals surface area contributed by atoms with Crippen molar-refractivity contribution in [3.8, 4) is 5.75 Å². The van der Waals surface area contributed by atoms with Crippen molar-refractivity contribution in [3.63, 3.8) is 0 Å². The molecule has 0 saturated carbocycles. The fraction of sp³-hybridized carbons (Fsp3) is 0.222. The number of phenolic OH excluding ortho intramolecular Hbond substituents is 1. The van der Waals surface area contributed by atoms with Gasteiger partial charge in [0.1, 0.15) is 5.75 Å². The normalized spacial score (nSPS) is 9.86. The third-order valence-electron chi connectivity index (χ3n) is 1.61. The van der Waals surface area contributed by atoms with E-state index in [-0.39, 0.29) is 28.6 Å². The average molecular weight is 216 g/mol. The van der Waals surface area contributed by atoms with Crippen LogP contribution in [0.3, 0.4) is 0 Å². The molecule has 5 heteroatoms. The Morgan fingerprint density at radius 3 is 2.86 bits per heavy atom. The van der Waals surface area contributed by atoms with Crippen molar-refractivity contribution in [2.75, 3.05) is 12.3 Å². The van der Waals surface area contributed by atoms with Gasteiger partial charge in [0.05, 0.1) is 17.2 Å². The molecule has 0 amide bonds. The van der Waals surface area contributed by atoms with Crippen LogP contribution >= 0.6 is 11.6 Å². The standard InChI is InChI=1S/C9H10ClNO3/c1-2-14-9(13)5-3-8(12)6(10)4-7(5)11/h3-4,12H,2,11H2,1H3. The second-order valence-corrected chi connectivity index (χ2v) is 3.02. The lowest BCUT2D eigenvalue weighted by Crippen LogP contribution is -2.07. The van der Waals surface area contributed by atoms with Crippen LogP contribution in [0, 0.1) is 0 Å². The van der Waals surface area contributed by atoms with Crippen LogP contribution in [0.4, 0.5) is 5.69 Å². The number of hydrogen-bond donors (Lipinski definition) is 2. The summed E-state index contributed by atoms with van der Waals surface area (Å²) >= 11 is 5.59. The number of anilines is 1. The van der Waals surface area contributed by atoms with Gasteiger partial charge in [-0.05, 0) is 19.1 Å². The number of nitrogen functional groups attached to an aromatic ring is 1. The molecule has 0 saturated heterocycles. The molecule has 0 radical (unpaired) electrons. The number of esters is 1.